The van der Waals surface area contributed by atoms with E-state index in [2.05, 4.69) is 10.9 Å². The molecule has 142 valence electrons. The Morgan fingerprint density at radius 1 is 0.607 bits per heavy atom. The van der Waals surface area contributed by atoms with Gasteiger partial charge in [-0.15, -0.1) is 0 Å². The molecule has 0 aliphatic rings. The molecule has 0 unspecified atom stereocenters. The number of hydrogen-bond donors (Lipinski definition) is 2. The molecule has 0 heterocycles. The number of ether oxygens (including phenoxy) is 2. The maximum atomic E-state index is 12.2. The lowest BCUT2D eigenvalue weighted by atomic mass is 10.2. The third-order valence-electron chi connectivity index (χ3n) is 3.79. The molecule has 6 nitrogen and oxygen atoms in total. The van der Waals surface area contributed by atoms with Crippen molar-refractivity contribution >= 4 is 11.8 Å². The van der Waals surface area contributed by atoms with Gasteiger partial charge in [0.05, 0.1) is 0 Å². The fourth-order valence-electron chi connectivity index (χ4n) is 2.41. The third-order valence-corrected chi connectivity index (χ3v) is 3.79. The molecule has 0 aliphatic heterocycles. The second-order valence-electron chi connectivity index (χ2n) is 5.81. The van der Waals surface area contributed by atoms with Crippen molar-refractivity contribution in [2.45, 2.75) is 0 Å². The first-order chi connectivity index (χ1) is 13.7. The van der Waals surface area contributed by atoms with E-state index in [0.29, 0.717) is 30.1 Å². The molecule has 2 N–H and O–H groups in total. The summed E-state index contributed by atoms with van der Waals surface area (Å²) in [7, 11) is 0. The zero-order chi connectivity index (χ0) is 19.6. The number of para-hydroxylation sites is 1. The zero-order valence-corrected chi connectivity index (χ0v) is 15.1. The Labute approximate surface area is 163 Å². The molecule has 3 rings (SSSR count). The van der Waals surface area contributed by atoms with Crippen LogP contribution >= 0.6 is 0 Å². The second-order valence-corrected chi connectivity index (χ2v) is 5.81. The summed E-state index contributed by atoms with van der Waals surface area (Å²) in [6.07, 6.45) is 0. The number of carbonyl (C=O) groups is 2. The minimum absolute atomic E-state index is 0.338. The molecule has 3 aromatic rings. The van der Waals surface area contributed by atoms with Gasteiger partial charge in [0.1, 0.15) is 24.7 Å². The fourth-order valence-corrected chi connectivity index (χ4v) is 2.41. The number of rotatable bonds is 7. The van der Waals surface area contributed by atoms with Gasteiger partial charge < -0.3 is 9.47 Å². The average molecular weight is 376 g/mol. The monoisotopic (exact) mass is 376 g/mol. The molecule has 0 fully saturated rings. The fraction of sp³-hybridized carbons (Fsp3) is 0.0909. The summed E-state index contributed by atoms with van der Waals surface area (Å²) in [5, 5.41) is 0. The molecule has 0 saturated carbocycles. The number of amides is 2. The molecule has 0 atom stereocenters. The summed E-state index contributed by atoms with van der Waals surface area (Å²) in [5.41, 5.74) is 5.61. The van der Waals surface area contributed by atoms with E-state index in [1.807, 2.05) is 36.4 Å². The van der Waals surface area contributed by atoms with Crippen molar-refractivity contribution in [3.63, 3.8) is 0 Å². The van der Waals surface area contributed by atoms with Crippen LogP contribution in [0.2, 0.25) is 0 Å². The minimum Gasteiger partial charge on any atom is -0.490 e. The molecular formula is C22H20N2O4. The largest absolute Gasteiger partial charge is 0.490 e. The van der Waals surface area contributed by atoms with Crippen molar-refractivity contribution < 1.29 is 19.1 Å². The van der Waals surface area contributed by atoms with Gasteiger partial charge in [-0.1, -0.05) is 42.5 Å². The van der Waals surface area contributed by atoms with Crippen molar-refractivity contribution in [3.8, 4) is 11.5 Å². The zero-order valence-electron chi connectivity index (χ0n) is 15.1. The third kappa shape index (κ3) is 5.60. The van der Waals surface area contributed by atoms with E-state index in [-0.39, 0.29) is 5.91 Å². The summed E-state index contributed by atoms with van der Waals surface area (Å²) < 4.78 is 11.2. The molecule has 2 amide bonds. The van der Waals surface area contributed by atoms with Gasteiger partial charge in [0.25, 0.3) is 11.8 Å². The van der Waals surface area contributed by atoms with Gasteiger partial charge in [-0.25, -0.2) is 0 Å². The molecule has 0 aliphatic carbocycles. The van der Waals surface area contributed by atoms with Gasteiger partial charge >= 0.3 is 0 Å². The molecule has 0 spiro atoms. The number of benzene rings is 3. The maximum Gasteiger partial charge on any atom is 0.269 e. The van der Waals surface area contributed by atoms with Crippen LogP contribution in [0.4, 0.5) is 0 Å². The topological polar surface area (TPSA) is 76.7 Å². The highest BCUT2D eigenvalue weighted by Crippen LogP contribution is 2.14. The van der Waals surface area contributed by atoms with Gasteiger partial charge in [-0.2, -0.15) is 0 Å². The molecule has 0 saturated heterocycles. The standard InChI is InChI=1S/C22H20N2O4/c25-21(17-8-3-1-4-9-17)23-24-22(26)18-10-7-13-20(16-18)28-15-14-27-19-11-5-2-6-12-19/h1-13,16H,14-15H2,(H,23,25)(H,24,26). The second kappa shape index (κ2) is 9.78. The molecular weight excluding hydrogens is 356 g/mol. The van der Waals surface area contributed by atoms with E-state index >= 15 is 0 Å². The van der Waals surface area contributed by atoms with Crippen molar-refractivity contribution in [2.24, 2.45) is 0 Å². The predicted molar refractivity (Wildman–Crippen MR) is 105 cm³/mol. The lowest BCUT2D eigenvalue weighted by Gasteiger charge is -2.10. The summed E-state index contributed by atoms with van der Waals surface area (Å²) in [6, 6.07) is 24.8. The van der Waals surface area contributed by atoms with Crippen LogP contribution in [-0.2, 0) is 0 Å². The van der Waals surface area contributed by atoms with Crippen LogP contribution in [0.1, 0.15) is 20.7 Å². The lowest BCUT2D eigenvalue weighted by molar-refractivity contribution is 0.0846. The van der Waals surface area contributed by atoms with Gasteiger partial charge in [-0.3, -0.25) is 20.4 Å². The van der Waals surface area contributed by atoms with Crippen LogP contribution in [0.3, 0.4) is 0 Å². The van der Waals surface area contributed by atoms with E-state index in [1.165, 1.54) is 0 Å². The van der Waals surface area contributed by atoms with E-state index in [0.717, 1.165) is 5.75 Å². The average Bonchev–Trinajstić information content (AvgIpc) is 2.76. The molecule has 0 radical (unpaired) electrons. The van der Waals surface area contributed by atoms with Crippen molar-refractivity contribution in [1.29, 1.82) is 0 Å². The highest BCUT2D eigenvalue weighted by Gasteiger charge is 2.09. The first-order valence-electron chi connectivity index (χ1n) is 8.79. The summed E-state index contributed by atoms with van der Waals surface area (Å²) >= 11 is 0. The quantitative estimate of drug-likeness (QED) is 0.490. The Bertz CT molecular complexity index is 914. The van der Waals surface area contributed by atoms with E-state index in [4.69, 9.17) is 9.47 Å². The Kier molecular flexibility index (Phi) is 6.62. The number of hydrogen-bond acceptors (Lipinski definition) is 4. The maximum absolute atomic E-state index is 12.2. The molecule has 6 heteroatoms. The first-order valence-corrected chi connectivity index (χ1v) is 8.79. The number of carbonyl (C=O) groups excluding carboxylic acids is 2. The molecule has 28 heavy (non-hydrogen) atoms. The van der Waals surface area contributed by atoms with Crippen LogP contribution in [-0.4, -0.2) is 25.0 Å². The van der Waals surface area contributed by atoms with Crippen LogP contribution in [0.5, 0.6) is 11.5 Å². The highest BCUT2D eigenvalue weighted by molar-refractivity contribution is 5.99. The summed E-state index contributed by atoms with van der Waals surface area (Å²) in [5.74, 6) is 0.488. The Morgan fingerprint density at radius 3 is 1.79 bits per heavy atom. The number of hydrazine groups is 1. The van der Waals surface area contributed by atoms with Gasteiger partial charge in [0, 0.05) is 11.1 Å². The van der Waals surface area contributed by atoms with E-state index in [9.17, 15) is 9.59 Å². The molecule has 3 aromatic carbocycles. The predicted octanol–water partition coefficient (Wildman–Crippen LogP) is 3.22. The molecule has 0 aromatic heterocycles. The number of nitrogens with one attached hydrogen (secondary N) is 2. The minimum atomic E-state index is -0.435. The van der Waals surface area contributed by atoms with Crippen molar-refractivity contribution in [2.75, 3.05) is 13.2 Å². The SMILES string of the molecule is O=C(NNC(=O)c1cccc(OCCOc2ccccc2)c1)c1ccccc1. The first kappa shape index (κ1) is 19.0. The van der Waals surface area contributed by atoms with Crippen LogP contribution in [0, 0.1) is 0 Å². The Hall–Kier alpha value is -3.80. The normalized spacial score (nSPS) is 10.0. The van der Waals surface area contributed by atoms with Gasteiger partial charge in [0.2, 0.25) is 0 Å². The van der Waals surface area contributed by atoms with Gasteiger partial charge in [0.15, 0.2) is 0 Å². The van der Waals surface area contributed by atoms with Crippen molar-refractivity contribution in [3.05, 3.63) is 96.1 Å². The van der Waals surface area contributed by atoms with Crippen LogP contribution < -0.4 is 20.3 Å². The Morgan fingerprint density at radius 2 is 1.11 bits per heavy atom. The Balaban J connectivity index is 1.46. The highest BCUT2D eigenvalue weighted by atomic mass is 16.5. The van der Waals surface area contributed by atoms with Crippen LogP contribution in [0.25, 0.3) is 0 Å². The van der Waals surface area contributed by atoms with Crippen molar-refractivity contribution in [1.82, 2.24) is 10.9 Å². The van der Waals surface area contributed by atoms with Gasteiger partial charge in [-0.05, 0) is 42.5 Å². The van der Waals surface area contributed by atoms with E-state index in [1.54, 1.807) is 48.5 Å². The summed E-state index contributed by atoms with van der Waals surface area (Å²) in [4.78, 5) is 24.2. The smallest absolute Gasteiger partial charge is 0.269 e. The van der Waals surface area contributed by atoms with E-state index < -0.39 is 5.91 Å². The lowest BCUT2D eigenvalue weighted by Crippen LogP contribution is -2.41. The molecule has 0 bridgehead atoms. The summed E-state index contributed by atoms with van der Waals surface area (Å²) in [6.45, 7) is 0.721. The van der Waals surface area contributed by atoms with Crippen LogP contribution in [0.15, 0.2) is 84.9 Å².